The molecule has 1 aliphatic heterocycles. The maximum absolute atomic E-state index is 5.38. The molecule has 1 aromatic heterocycles. The van der Waals surface area contributed by atoms with Crippen LogP contribution in [0.1, 0.15) is 11.1 Å². The summed E-state index contributed by atoms with van der Waals surface area (Å²) in [4.78, 5) is 0. The zero-order chi connectivity index (χ0) is 9.38. The second kappa shape index (κ2) is 3.00. The SMILES string of the molecule is c1ccn(-c2ccc3c(c2)COC3)c1. The highest BCUT2D eigenvalue weighted by Crippen LogP contribution is 2.22. The van der Waals surface area contributed by atoms with Gasteiger partial charge in [-0.15, -0.1) is 0 Å². The van der Waals surface area contributed by atoms with E-state index in [1.165, 1.54) is 16.8 Å². The topological polar surface area (TPSA) is 14.2 Å². The molecule has 0 saturated heterocycles. The van der Waals surface area contributed by atoms with Crippen molar-refractivity contribution < 1.29 is 4.74 Å². The summed E-state index contributed by atoms with van der Waals surface area (Å²) in [6.45, 7) is 1.52. The zero-order valence-electron chi connectivity index (χ0n) is 7.81. The van der Waals surface area contributed by atoms with Gasteiger partial charge in [0.15, 0.2) is 0 Å². The zero-order valence-corrected chi connectivity index (χ0v) is 7.81. The lowest BCUT2D eigenvalue weighted by Crippen LogP contribution is -1.91. The molecule has 0 unspecified atom stereocenters. The minimum atomic E-state index is 0.754. The van der Waals surface area contributed by atoms with Gasteiger partial charge in [0.1, 0.15) is 0 Å². The fourth-order valence-electron chi connectivity index (χ4n) is 1.83. The summed E-state index contributed by atoms with van der Waals surface area (Å²) >= 11 is 0. The predicted octanol–water partition coefficient (Wildman–Crippen LogP) is 2.51. The van der Waals surface area contributed by atoms with E-state index >= 15 is 0 Å². The van der Waals surface area contributed by atoms with Gasteiger partial charge in [-0.2, -0.15) is 0 Å². The molecule has 0 radical (unpaired) electrons. The summed E-state index contributed by atoms with van der Waals surface area (Å²) in [5.74, 6) is 0. The van der Waals surface area contributed by atoms with Crippen LogP contribution in [0.25, 0.3) is 5.69 Å². The van der Waals surface area contributed by atoms with Crippen LogP contribution in [0, 0.1) is 0 Å². The molecule has 1 aromatic carbocycles. The van der Waals surface area contributed by atoms with Crippen molar-refractivity contribution in [3.05, 3.63) is 53.9 Å². The van der Waals surface area contributed by atoms with Crippen LogP contribution in [0.5, 0.6) is 0 Å². The predicted molar refractivity (Wildman–Crippen MR) is 54.3 cm³/mol. The summed E-state index contributed by atoms with van der Waals surface area (Å²) in [5, 5.41) is 0. The maximum Gasteiger partial charge on any atom is 0.0725 e. The van der Waals surface area contributed by atoms with Crippen molar-refractivity contribution in [3.63, 3.8) is 0 Å². The highest BCUT2D eigenvalue weighted by molar-refractivity contribution is 5.41. The van der Waals surface area contributed by atoms with Crippen molar-refractivity contribution >= 4 is 0 Å². The highest BCUT2D eigenvalue weighted by Gasteiger charge is 2.11. The summed E-state index contributed by atoms with van der Waals surface area (Å²) in [6.07, 6.45) is 4.11. The average molecular weight is 185 g/mol. The van der Waals surface area contributed by atoms with E-state index in [1.54, 1.807) is 0 Å². The lowest BCUT2D eigenvalue weighted by Gasteiger charge is -2.04. The molecule has 0 amide bonds. The summed E-state index contributed by atoms with van der Waals surface area (Å²) in [7, 11) is 0. The summed E-state index contributed by atoms with van der Waals surface area (Å²) < 4.78 is 7.49. The van der Waals surface area contributed by atoms with Crippen LogP contribution < -0.4 is 0 Å². The quantitative estimate of drug-likeness (QED) is 0.665. The number of benzene rings is 1. The summed E-state index contributed by atoms with van der Waals surface area (Å²) in [5.41, 5.74) is 3.84. The lowest BCUT2D eigenvalue weighted by molar-refractivity contribution is 0.134. The molecule has 3 rings (SSSR count). The van der Waals surface area contributed by atoms with Crippen molar-refractivity contribution in [1.82, 2.24) is 4.57 Å². The third-order valence-corrected chi connectivity index (χ3v) is 2.61. The van der Waals surface area contributed by atoms with E-state index in [-0.39, 0.29) is 0 Å². The van der Waals surface area contributed by atoms with Gasteiger partial charge in [0.05, 0.1) is 13.2 Å². The van der Waals surface area contributed by atoms with Gasteiger partial charge in [0, 0.05) is 18.1 Å². The van der Waals surface area contributed by atoms with Crippen LogP contribution in [0.4, 0.5) is 0 Å². The first kappa shape index (κ1) is 7.83. The molecule has 1 aliphatic rings. The van der Waals surface area contributed by atoms with Crippen molar-refractivity contribution in [2.45, 2.75) is 13.2 Å². The van der Waals surface area contributed by atoms with Crippen molar-refractivity contribution in [1.29, 1.82) is 0 Å². The number of hydrogen-bond donors (Lipinski definition) is 0. The van der Waals surface area contributed by atoms with Crippen molar-refractivity contribution in [3.8, 4) is 5.69 Å². The third-order valence-electron chi connectivity index (χ3n) is 2.61. The Hall–Kier alpha value is -1.54. The Balaban J connectivity index is 2.09. The minimum absolute atomic E-state index is 0.754. The molecular weight excluding hydrogens is 174 g/mol. The molecule has 0 fully saturated rings. The van der Waals surface area contributed by atoms with E-state index in [1.807, 2.05) is 12.1 Å². The molecule has 0 saturated carbocycles. The molecular formula is C12H11NO. The van der Waals surface area contributed by atoms with Gasteiger partial charge in [-0.1, -0.05) is 6.07 Å². The number of nitrogens with zero attached hydrogens (tertiary/aromatic N) is 1. The molecule has 2 nitrogen and oxygen atoms in total. The highest BCUT2D eigenvalue weighted by atomic mass is 16.5. The van der Waals surface area contributed by atoms with Crippen LogP contribution in [0.15, 0.2) is 42.7 Å². The molecule has 2 heteroatoms. The van der Waals surface area contributed by atoms with Gasteiger partial charge in [-0.3, -0.25) is 0 Å². The van der Waals surface area contributed by atoms with E-state index in [0.717, 1.165) is 13.2 Å². The standard InChI is InChI=1S/C12H11NO/c1-2-6-13(5-1)12-4-3-10-8-14-9-11(10)7-12/h1-7H,8-9H2. The molecule has 0 atom stereocenters. The van der Waals surface area contributed by atoms with Crippen LogP contribution in [0.3, 0.4) is 0 Å². The van der Waals surface area contributed by atoms with Gasteiger partial charge in [-0.25, -0.2) is 0 Å². The monoisotopic (exact) mass is 185 g/mol. The first-order valence-electron chi connectivity index (χ1n) is 4.76. The summed E-state index contributed by atoms with van der Waals surface area (Å²) in [6, 6.07) is 10.5. The van der Waals surface area contributed by atoms with E-state index in [9.17, 15) is 0 Å². The number of fused-ring (bicyclic) bond motifs is 1. The molecule has 2 aromatic rings. The molecule has 0 N–H and O–H groups in total. The Labute approximate surface area is 82.7 Å². The van der Waals surface area contributed by atoms with Crippen molar-refractivity contribution in [2.24, 2.45) is 0 Å². The number of rotatable bonds is 1. The Morgan fingerprint density at radius 3 is 2.64 bits per heavy atom. The first-order valence-corrected chi connectivity index (χ1v) is 4.76. The second-order valence-corrected chi connectivity index (χ2v) is 3.54. The van der Waals surface area contributed by atoms with Gasteiger partial charge in [0.2, 0.25) is 0 Å². The lowest BCUT2D eigenvalue weighted by atomic mass is 10.1. The largest absolute Gasteiger partial charge is 0.372 e. The average Bonchev–Trinajstić information content (AvgIpc) is 2.88. The third kappa shape index (κ3) is 1.16. The maximum atomic E-state index is 5.38. The van der Waals surface area contributed by atoms with Crippen LogP contribution in [-0.2, 0) is 18.0 Å². The fraction of sp³-hybridized carbons (Fsp3) is 0.167. The second-order valence-electron chi connectivity index (χ2n) is 3.54. The van der Waals surface area contributed by atoms with Crippen LogP contribution >= 0.6 is 0 Å². The molecule has 0 spiro atoms. The van der Waals surface area contributed by atoms with E-state index < -0.39 is 0 Å². The number of hydrogen-bond acceptors (Lipinski definition) is 1. The molecule has 0 bridgehead atoms. The molecule has 70 valence electrons. The first-order chi connectivity index (χ1) is 6.93. The van der Waals surface area contributed by atoms with Gasteiger partial charge in [0.25, 0.3) is 0 Å². The van der Waals surface area contributed by atoms with E-state index in [0.29, 0.717) is 0 Å². The van der Waals surface area contributed by atoms with Crippen molar-refractivity contribution in [2.75, 3.05) is 0 Å². The Bertz CT molecular complexity index is 445. The van der Waals surface area contributed by atoms with E-state index in [4.69, 9.17) is 4.74 Å². The number of aromatic nitrogens is 1. The normalized spacial score (nSPS) is 14.3. The smallest absolute Gasteiger partial charge is 0.0725 e. The fourth-order valence-corrected chi connectivity index (χ4v) is 1.83. The van der Waals surface area contributed by atoms with E-state index in [2.05, 4.69) is 35.2 Å². The van der Waals surface area contributed by atoms with Gasteiger partial charge in [-0.05, 0) is 35.4 Å². The number of ether oxygens (including phenoxy) is 1. The van der Waals surface area contributed by atoms with Crippen LogP contribution in [0.2, 0.25) is 0 Å². The Morgan fingerprint density at radius 1 is 1.00 bits per heavy atom. The Kier molecular flexibility index (Phi) is 1.67. The van der Waals surface area contributed by atoms with Gasteiger partial charge < -0.3 is 9.30 Å². The molecule has 0 aliphatic carbocycles. The molecule has 2 heterocycles. The van der Waals surface area contributed by atoms with Gasteiger partial charge >= 0.3 is 0 Å². The Morgan fingerprint density at radius 2 is 1.79 bits per heavy atom. The minimum Gasteiger partial charge on any atom is -0.372 e. The van der Waals surface area contributed by atoms with Crippen LogP contribution in [-0.4, -0.2) is 4.57 Å². The molecule has 14 heavy (non-hydrogen) atoms.